The zero-order chi connectivity index (χ0) is 15.2. The van der Waals surface area contributed by atoms with Gasteiger partial charge in [0.25, 0.3) is 0 Å². The molecule has 1 N–H and O–H groups in total. The van der Waals surface area contributed by atoms with E-state index < -0.39 is 0 Å². The first kappa shape index (κ1) is 15.2. The van der Waals surface area contributed by atoms with Crippen molar-refractivity contribution in [3.05, 3.63) is 5.82 Å². The lowest BCUT2D eigenvalue weighted by Crippen LogP contribution is -2.32. The summed E-state index contributed by atoms with van der Waals surface area (Å²) in [7, 11) is 1.75. The fourth-order valence-electron chi connectivity index (χ4n) is 3.28. The second kappa shape index (κ2) is 7.51. The van der Waals surface area contributed by atoms with Crippen molar-refractivity contribution in [1.82, 2.24) is 15.0 Å². The monoisotopic (exact) mass is 302 g/mol. The smallest absolute Gasteiger partial charge is 0.230 e. The van der Waals surface area contributed by atoms with E-state index in [1.165, 1.54) is 51.4 Å². The summed E-state index contributed by atoms with van der Waals surface area (Å²) < 4.78 is 0. The first-order valence-corrected chi connectivity index (χ1v) is 8.55. The van der Waals surface area contributed by atoms with Crippen molar-refractivity contribution in [2.45, 2.75) is 57.4 Å². The number of piperidine rings is 1. The largest absolute Gasteiger partial charge is 0.351 e. The quantitative estimate of drug-likeness (QED) is 0.866. The Labute approximate surface area is 132 Å². The van der Waals surface area contributed by atoms with Gasteiger partial charge in [0.15, 0.2) is 5.82 Å². The van der Waals surface area contributed by atoms with Crippen molar-refractivity contribution < 1.29 is 0 Å². The Morgan fingerprint density at radius 1 is 1.00 bits per heavy atom. The molecule has 2 heterocycles. The van der Waals surface area contributed by atoms with Crippen LogP contribution in [0.5, 0.6) is 0 Å². The predicted molar refractivity (Wildman–Crippen MR) is 89.9 cm³/mol. The summed E-state index contributed by atoms with van der Waals surface area (Å²) in [5.41, 5.74) is 0. The van der Waals surface area contributed by atoms with Gasteiger partial charge in [-0.2, -0.15) is 15.0 Å². The summed E-state index contributed by atoms with van der Waals surface area (Å²) in [5.74, 6) is 2.15. The van der Waals surface area contributed by atoms with Gasteiger partial charge in [-0.15, -0.1) is 0 Å². The third-order valence-electron chi connectivity index (χ3n) is 4.46. The van der Waals surface area contributed by atoms with Crippen LogP contribution in [0.1, 0.15) is 57.2 Å². The Kier molecular flexibility index (Phi) is 5.19. The van der Waals surface area contributed by atoms with Crippen LogP contribution >= 0.6 is 0 Å². The summed E-state index contributed by atoms with van der Waals surface area (Å²) in [5, 5.41) is 3.51. The Bertz CT molecular complexity index is 503. The Morgan fingerprint density at radius 2 is 1.73 bits per heavy atom. The molecule has 0 spiro atoms. The van der Waals surface area contributed by atoms with Crippen LogP contribution in [0.25, 0.3) is 0 Å². The standard InChI is InChI=1S/C16H26N6/c1-17-12-14-19-15(18-13-8-4-2-5-9-13)21-16(20-14)22-10-6-3-7-11-22/h12-13H,2-11H2,1H3,(H,18,19,20,21). The van der Waals surface area contributed by atoms with Crippen molar-refractivity contribution in [1.29, 1.82) is 0 Å². The number of anilines is 2. The molecule has 0 amide bonds. The van der Waals surface area contributed by atoms with Gasteiger partial charge >= 0.3 is 0 Å². The second-order valence-electron chi connectivity index (χ2n) is 6.23. The maximum absolute atomic E-state index is 4.66. The first-order chi connectivity index (χ1) is 10.8. The molecule has 120 valence electrons. The van der Waals surface area contributed by atoms with Crippen molar-refractivity contribution in [3.63, 3.8) is 0 Å². The number of hydrogen-bond acceptors (Lipinski definition) is 6. The maximum atomic E-state index is 4.66. The van der Waals surface area contributed by atoms with Crippen LogP contribution in [0.3, 0.4) is 0 Å². The normalized spacial score (nSPS) is 20.5. The van der Waals surface area contributed by atoms with Gasteiger partial charge in [0.2, 0.25) is 11.9 Å². The summed E-state index contributed by atoms with van der Waals surface area (Å²) >= 11 is 0. The zero-order valence-corrected chi connectivity index (χ0v) is 13.5. The van der Waals surface area contributed by atoms with Crippen molar-refractivity contribution in [2.24, 2.45) is 4.99 Å². The summed E-state index contributed by atoms with van der Waals surface area (Å²) in [4.78, 5) is 20.0. The van der Waals surface area contributed by atoms with E-state index in [1.807, 2.05) is 0 Å². The molecule has 2 fully saturated rings. The minimum Gasteiger partial charge on any atom is -0.351 e. The average Bonchev–Trinajstić information content (AvgIpc) is 2.57. The number of hydrogen-bond donors (Lipinski definition) is 1. The molecule has 1 aliphatic heterocycles. The lowest BCUT2D eigenvalue weighted by atomic mass is 9.96. The molecule has 0 radical (unpaired) electrons. The molecule has 2 aliphatic rings. The minimum absolute atomic E-state index is 0.497. The molecular weight excluding hydrogens is 276 g/mol. The van der Waals surface area contributed by atoms with E-state index in [9.17, 15) is 0 Å². The molecular formula is C16H26N6. The van der Waals surface area contributed by atoms with E-state index >= 15 is 0 Å². The first-order valence-electron chi connectivity index (χ1n) is 8.55. The third kappa shape index (κ3) is 3.93. The highest BCUT2D eigenvalue weighted by Gasteiger charge is 2.18. The summed E-state index contributed by atoms with van der Waals surface area (Å²) in [6, 6.07) is 0.497. The van der Waals surface area contributed by atoms with Crippen LogP contribution in [-0.2, 0) is 0 Å². The number of nitrogens with one attached hydrogen (secondary N) is 1. The lowest BCUT2D eigenvalue weighted by Gasteiger charge is -2.27. The van der Waals surface area contributed by atoms with E-state index in [1.54, 1.807) is 13.3 Å². The van der Waals surface area contributed by atoms with Crippen LogP contribution in [0, 0.1) is 0 Å². The number of aromatic nitrogens is 3. The van der Waals surface area contributed by atoms with Gasteiger partial charge in [0, 0.05) is 26.2 Å². The summed E-state index contributed by atoms with van der Waals surface area (Å²) in [6.45, 7) is 2.07. The molecule has 22 heavy (non-hydrogen) atoms. The Morgan fingerprint density at radius 3 is 2.45 bits per heavy atom. The molecule has 0 unspecified atom stereocenters. The average molecular weight is 302 g/mol. The molecule has 1 aromatic rings. The van der Waals surface area contributed by atoms with Gasteiger partial charge in [-0.3, -0.25) is 4.99 Å². The van der Waals surface area contributed by atoms with E-state index in [2.05, 4.69) is 30.2 Å². The fraction of sp³-hybridized carbons (Fsp3) is 0.750. The van der Waals surface area contributed by atoms with E-state index in [0.29, 0.717) is 17.8 Å². The molecule has 1 saturated heterocycles. The van der Waals surface area contributed by atoms with Gasteiger partial charge in [0.1, 0.15) is 0 Å². The Hall–Kier alpha value is -1.72. The molecule has 6 nitrogen and oxygen atoms in total. The topological polar surface area (TPSA) is 66.3 Å². The predicted octanol–water partition coefficient (Wildman–Crippen LogP) is 2.66. The lowest BCUT2D eigenvalue weighted by molar-refractivity contribution is 0.460. The summed E-state index contributed by atoms with van der Waals surface area (Å²) in [6.07, 6.45) is 11.8. The van der Waals surface area contributed by atoms with Crippen LogP contribution < -0.4 is 10.2 Å². The van der Waals surface area contributed by atoms with Gasteiger partial charge < -0.3 is 10.2 Å². The molecule has 1 saturated carbocycles. The highest BCUT2D eigenvalue weighted by atomic mass is 15.3. The van der Waals surface area contributed by atoms with E-state index in [0.717, 1.165) is 19.0 Å². The Balaban J connectivity index is 1.79. The van der Waals surface area contributed by atoms with E-state index in [-0.39, 0.29) is 0 Å². The molecule has 1 aromatic heterocycles. The molecule has 6 heteroatoms. The highest BCUT2D eigenvalue weighted by molar-refractivity contribution is 5.75. The van der Waals surface area contributed by atoms with E-state index in [4.69, 9.17) is 0 Å². The molecule has 0 aromatic carbocycles. The molecule has 0 bridgehead atoms. The maximum Gasteiger partial charge on any atom is 0.230 e. The molecule has 1 aliphatic carbocycles. The van der Waals surface area contributed by atoms with Crippen molar-refractivity contribution in [2.75, 3.05) is 30.4 Å². The van der Waals surface area contributed by atoms with Crippen molar-refractivity contribution >= 4 is 18.1 Å². The van der Waals surface area contributed by atoms with Crippen LogP contribution in [0.4, 0.5) is 11.9 Å². The van der Waals surface area contributed by atoms with Gasteiger partial charge in [-0.25, -0.2) is 0 Å². The second-order valence-corrected chi connectivity index (χ2v) is 6.23. The fourth-order valence-corrected chi connectivity index (χ4v) is 3.28. The number of aliphatic imine (C=N–C) groups is 1. The minimum atomic E-state index is 0.497. The van der Waals surface area contributed by atoms with Crippen LogP contribution in [-0.4, -0.2) is 47.3 Å². The highest BCUT2D eigenvalue weighted by Crippen LogP contribution is 2.22. The number of rotatable bonds is 4. The van der Waals surface area contributed by atoms with Crippen LogP contribution in [0.2, 0.25) is 0 Å². The van der Waals surface area contributed by atoms with Gasteiger partial charge in [0.05, 0.1) is 6.21 Å². The number of nitrogens with zero attached hydrogens (tertiary/aromatic N) is 5. The van der Waals surface area contributed by atoms with Gasteiger partial charge in [-0.05, 0) is 32.1 Å². The van der Waals surface area contributed by atoms with Gasteiger partial charge in [-0.1, -0.05) is 19.3 Å². The third-order valence-corrected chi connectivity index (χ3v) is 4.46. The van der Waals surface area contributed by atoms with Crippen LogP contribution in [0.15, 0.2) is 4.99 Å². The molecule has 0 atom stereocenters. The SMILES string of the molecule is CN=Cc1nc(NC2CCCCC2)nc(N2CCCCC2)n1. The van der Waals surface area contributed by atoms with Crippen molar-refractivity contribution in [3.8, 4) is 0 Å². The zero-order valence-electron chi connectivity index (χ0n) is 13.5. The molecule has 3 rings (SSSR count).